The van der Waals surface area contributed by atoms with Crippen LogP contribution in [0, 0.1) is 0 Å². The van der Waals surface area contributed by atoms with Gasteiger partial charge in [-0.1, -0.05) is 0 Å². The summed E-state index contributed by atoms with van der Waals surface area (Å²) < 4.78 is 12.7. The van der Waals surface area contributed by atoms with E-state index in [4.69, 9.17) is 9.47 Å². The molecule has 29 heavy (non-hydrogen) atoms. The number of aromatic hydroxyl groups is 2. The maximum absolute atomic E-state index is 13.0. The Morgan fingerprint density at radius 2 is 1.90 bits per heavy atom. The number of hydrogen-bond acceptors (Lipinski definition) is 5. The molecule has 2 aliphatic rings. The average molecular weight is 503 g/mol. The molecular weight excluding hydrogens is 475 g/mol. The van der Waals surface area contributed by atoms with Crippen LogP contribution in [0.15, 0.2) is 30.4 Å². The minimum atomic E-state index is -0.555. The minimum absolute atomic E-state index is 0.0226. The van der Waals surface area contributed by atoms with Gasteiger partial charge in [-0.15, -0.1) is 0 Å². The van der Waals surface area contributed by atoms with Crippen molar-refractivity contribution in [3.8, 4) is 11.5 Å². The predicted octanol–water partition coefficient (Wildman–Crippen LogP) is 4.06. The van der Waals surface area contributed by atoms with Crippen LogP contribution in [-0.4, -0.2) is 54.5 Å². The molecule has 0 saturated carbocycles. The molecule has 2 N–H and O–H groups in total. The summed E-state index contributed by atoms with van der Waals surface area (Å²) in [5.74, 6) is -0.824. The second-order valence-electron chi connectivity index (χ2n) is 7.64. The topological polar surface area (TPSA) is 76.0 Å². The molecule has 2 aliphatic heterocycles. The van der Waals surface area contributed by atoms with Gasteiger partial charge in [0.2, 0.25) is 0 Å². The molecule has 2 radical (unpaired) electrons. The van der Waals surface area contributed by atoms with E-state index in [1.165, 1.54) is 28.1 Å². The molecule has 1 aromatic rings. The van der Waals surface area contributed by atoms with E-state index in [2.05, 4.69) is 18.2 Å². The van der Waals surface area contributed by atoms with E-state index in [1.807, 2.05) is 13.0 Å². The van der Waals surface area contributed by atoms with E-state index in [0.29, 0.717) is 30.6 Å². The summed E-state index contributed by atoms with van der Waals surface area (Å²) in [6, 6.07) is 1.25. The molecule has 1 aromatic carbocycles. The van der Waals surface area contributed by atoms with Crippen LogP contribution in [-0.2, 0) is 15.9 Å². The zero-order valence-electron chi connectivity index (χ0n) is 16.8. The first-order valence-electron chi connectivity index (χ1n) is 10.3. The zero-order valence-corrected chi connectivity index (χ0v) is 19.7. The second-order valence-corrected chi connectivity index (χ2v) is 9.48. The van der Waals surface area contributed by atoms with Crippen molar-refractivity contribution in [3.63, 3.8) is 0 Å². The van der Waals surface area contributed by atoms with Crippen molar-refractivity contribution in [1.29, 1.82) is 0 Å². The third-order valence-corrected chi connectivity index (χ3v) is 6.25. The summed E-state index contributed by atoms with van der Waals surface area (Å²) >= 11 is 1.23. The van der Waals surface area contributed by atoms with Crippen LogP contribution in [0.25, 0.3) is 0 Å². The fourth-order valence-electron chi connectivity index (χ4n) is 3.83. The molecule has 2 atom stereocenters. The second kappa shape index (κ2) is 10.4. The van der Waals surface area contributed by atoms with Gasteiger partial charge in [0.25, 0.3) is 0 Å². The molecule has 154 valence electrons. The number of ether oxygens (including phenoxy) is 2. The van der Waals surface area contributed by atoms with Gasteiger partial charge in [-0.3, -0.25) is 0 Å². The Morgan fingerprint density at radius 1 is 1.10 bits per heavy atom. The zero-order chi connectivity index (χ0) is 20.8. The van der Waals surface area contributed by atoms with E-state index < -0.39 is 5.97 Å². The van der Waals surface area contributed by atoms with Gasteiger partial charge >= 0.3 is 185 Å². The number of esters is 1. The maximum atomic E-state index is 13.0. The van der Waals surface area contributed by atoms with E-state index >= 15 is 0 Å². The van der Waals surface area contributed by atoms with Crippen molar-refractivity contribution < 1.29 is 24.5 Å². The Bertz CT molecular complexity index is 821. The van der Waals surface area contributed by atoms with Gasteiger partial charge in [-0.2, -0.15) is 0 Å². The number of phenolic OH excluding ortho intramolecular Hbond substituents is 2. The van der Waals surface area contributed by atoms with Crippen LogP contribution < -0.4 is 0 Å². The first-order chi connectivity index (χ1) is 14.0. The molecule has 1 fully saturated rings. The SMILES string of the molecule is CC1C/C=C/CC/C=C/[C](=[Sn])Cc2c(c(O)cc(O)c2C2CCCCO2)C(=O)O1. The number of cyclic esters (lactones) is 1. The average Bonchev–Trinajstić information content (AvgIpc) is 2.67. The van der Waals surface area contributed by atoms with Gasteiger partial charge in [0.15, 0.2) is 0 Å². The summed E-state index contributed by atoms with van der Waals surface area (Å²) in [4.78, 5) is 13.0. The van der Waals surface area contributed by atoms with Gasteiger partial charge in [0, 0.05) is 0 Å². The number of carbonyl (C=O) groups excluding carboxylic acids is 1. The van der Waals surface area contributed by atoms with Crippen LogP contribution in [0.4, 0.5) is 0 Å². The fraction of sp³-hybridized carbons (Fsp3) is 0.478. The summed E-state index contributed by atoms with van der Waals surface area (Å²) in [5, 5.41) is 21.2. The number of phenols is 2. The molecule has 6 heteroatoms. The van der Waals surface area contributed by atoms with Crippen molar-refractivity contribution in [2.24, 2.45) is 0 Å². The normalized spacial score (nSPS) is 26.1. The number of carbonyl (C=O) groups is 1. The summed E-state index contributed by atoms with van der Waals surface area (Å²) in [6.45, 7) is 2.47. The Kier molecular flexibility index (Phi) is 7.95. The number of rotatable bonds is 1. The first-order valence-corrected chi connectivity index (χ1v) is 11.7. The van der Waals surface area contributed by atoms with Gasteiger partial charge < -0.3 is 0 Å². The number of benzene rings is 1. The van der Waals surface area contributed by atoms with Crippen molar-refractivity contribution in [1.82, 2.24) is 0 Å². The number of hydrogen-bond donors (Lipinski definition) is 2. The third kappa shape index (κ3) is 5.72. The van der Waals surface area contributed by atoms with Gasteiger partial charge in [0.1, 0.15) is 0 Å². The van der Waals surface area contributed by atoms with Crippen molar-refractivity contribution in [2.75, 3.05) is 6.61 Å². The quantitative estimate of drug-likeness (QED) is 0.344. The van der Waals surface area contributed by atoms with Crippen LogP contribution in [0.3, 0.4) is 0 Å². The third-order valence-electron chi connectivity index (χ3n) is 5.27. The molecule has 0 bridgehead atoms. The van der Waals surface area contributed by atoms with Crippen molar-refractivity contribution in [2.45, 2.75) is 64.1 Å². The molecule has 0 amide bonds. The molecular formula is C23H28O5Sn. The molecule has 0 spiro atoms. The summed E-state index contributed by atoms with van der Waals surface area (Å²) in [7, 11) is 0. The van der Waals surface area contributed by atoms with Crippen molar-refractivity contribution >= 4 is 31.5 Å². The fourth-order valence-corrected chi connectivity index (χ4v) is 4.67. The Labute approximate surface area is 185 Å². The predicted molar refractivity (Wildman–Crippen MR) is 114 cm³/mol. The van der Waals surface area contributed by atoms with Gasteiger partial charge in [-0.25, -0.2) is 0 Å². The van der Waals surface area contributed by atoms with Crippen molar-refractivity contribution in [3.05, 3.63) is 47.1 Å². The molecule has 2 heterocycles. The Morgan fingerprint density at radius 3 is 2.66 bits per heavy atom. The standard InChI is InChI=1S/C23H28O5.Sn/c1-16-11-7-5-3-2-4-6-8-12-17-21(20-13-9-10-14-27-20)18(24)15-19(25)22(17)23(26)28-16;/h4-7,15-16,20,24-25H,2-3,9-14H2,1H3;/b6-4+,7-5+;. The molecule has 3 rings (SSSR count). The van der Waals surface area contributed by atoms with E-state index in [1.54, 1.807) is 0 Å². The molecule has 0 aromatic heterocycles. The van der Waals surface area contributed by atoms with E-state index in [9.17, 15) is 15.0 Å². The number of fused-ring (bicyclic) bond motifs is 1. The van der Waals surface area contributed by atoms with Crippen LogP contribution >= 0.6 is 0 Å². The van der Waals surface area contributed by atoms with Crippen LogP contribution in [0.5, 0.6) is 11.5 Å². The Hall–Kier alpha value is -1.60. The first kappa shape index (κ1) is 22.1. The van der Waals surface area contributed by atoms with Crippen LogP contribution in [0.2, 0.25) is 0 Å². The number of allylic oxidation sites excluding steroid dienone is 3. The molecule has 1 saturated heterocycles. The van der Waals surface area contributed by atoms with Crippen LogP contribution in [0.1, 0.15) is 73.0 Å². The van der Waals surface area contributed by atoms with Gasteiger partial charge in [0.05, 0.1) is 0 Å². The summed E-state index contributed by atoms with van der Waals surface area (Å²) in [5.41, 5.74) is 1.38. The molecule has 0 aliphatic carbocycles. The molecule has 2 unspecified atom stereocenters. The molecule has 5 nitrogen and oxygen atoms in total. The monoisotopic (exact) mass is 504 g/mol. The van der Waals surface area contributed by atoms with E-state index in [0.717, 1.165) is 35.6 Å². The Balaban J connectivity index is 2.09. The summed E-state index contributed by atoms with van der Waals surface area (Å²) in [6.07, 6.45) is 13.5. The van der Waals surface area contributed by atoms with E-state index in [-0.39, 0.29) is 29.3 Å². The van der Waals surface area contributed by atoms with Gasteiger partial charge in [-0.05, 0) is 0 Å².